The van der Waals surface area contributed by atoms with E-state index < -0.39 is 48.4 Å². The number of rotatable bonds is 9. The lowest BCUT2D eigenvalue weighted by molar-refractivity contribution is -0.397. The summed E-state index contributed by atoms with van der Waals surface area (Å²) in [5.41, 5.74) is -1.16. The number of hydrogen-bond donors (Lipinski definition) is 0. The van der Waals surface area contributed by atoms with Crippen molar-refractivity contribution in [1.82, 2.24) is 0 Å². The molecule has 0 aliphatic heterocycles. The third-order valence-electron chi connectivity index (χ3n) is 4.43. The van der Waals surface area contributed by atoms with Crippen LogP contribution in [0.4, 0.5) is 39.5 Å². The van der Waals surface area contributed by atoms with E-state index in [2.05, 4.69) is 4.74 Å². The summed E-state index contributed by atoms with van der Waals surface area (Å²) in [5, 5.41) is 0. The Hall–Kier alpha value is -1.16. The molecule has 0 radical (unpaired) electrons. The quantitative estimate of drug-likeness (QED) is 0.334. The summed E-state index contributed by atoms with van der Waals surface area (Å²) in [6.45, 7) is 6.83. The summed E-state index contributed by atoms with van der Waals surface area (Å²) in [7, 11) is 0. The zero-order valence-corrected chi connectivity index (χ0v) is 15.5. The Kier molecular flexibility index (Phi) is 7.72. The summed E-state index contributed by atoms with van der Waals surface area (Å²) in [4.78, 5) is 12.2. The molecule has 0 aromatic carbocycles. The second kappa shape index (κ2) is 8.06. The maximum Gasteiger partial charge on any atom is 0.460 e. The van der Waals surface area contributed by atoms with Crippen LogP contribution in [0.3, 0.4) is 0 Å². The summed E-state index contributed by atoms with van der Waals surface area (Å²) < 4.78 is 119. The Morgan fingerprint density at radius 2 is 1.30 bits per heavy atom. The van der Waals surface area contributed by atoms with Gasteiger partial charge in [0.1, 0.15) is 0 Å². The van der Waals surface area contributed by atoms with Gasteiger partial charge in [-0.05, 0) is 25.2 Å². The molecule has 1 unspecified atom stereocenters. The second-order valence-corrected chi connectivity index (χ2v) is 7.41. The molecule has 0 aromatic heterocycles. The third-order valence-corrected chi connectivity index (χ3v) is 4.43. The van der Waals surface area contributed by atoms with Crippen molar-refractivity contribution in [2.75, 3.05) is 6.61 Å². The van der Waals surface area contributed by atoms with Crippen molar-refractivity contribution < 1.29 is 49.0 Å². The van der Waals surface area contributed by atoms with Gasteiger partial charge in [-0.3, -0.25) is 4.79 Å². The predicted molar refractivity (Wildman–Crippen MR) is 78.9 cm³/mol. The number of hydrogen-bond acceptors (Lipinski definition) is 2. The lowest BCUT2D eigenvalue weighted by Crippen LogP contribution is -2.61. The number of carbonyl (C=O) groups is 1. The highest BCUT2D eigenvalue weighted by Gasteiger charge is 2.81. The minimum atomic E-state index is -6.95. The zero-order valence-electron chi connectivity index (χ0n) is 15.5. The molecular formula is C16H23F9O2. The molecule has 0 aliphatic rings. The molecule has 0 saturated heterocycles. The van der Waals surface area contributed by atoms with Crippen molar-refractivity contribution in [3.05, 3.63) is 0 Å². The average molecular weight is 418 g/mol. The number of esters is 1. The highest BCUT2D eigenvalue weighted by Crippen LogP contribution is 2.54. The second-order valence-electron chi connectivity index (χ2n) is 7.41. The lowest BCUT2D eigenvalue weighted by atomic mass is 9.73. The number of carbonyl (C=O) groups excluding carboxylic acids is 1. The number of ether oxygens (including phenoxy) is 1. The van der Waals surface area contributed by atoms with Gasteiger partial charge in [0.2, 0.25) is 0 Å². The molecular weight excluding hydrogens is 395 g/mol. The standard InChI is InChI=1S/C16H23F9O2/c1-9(2)8-12(5,10(3)4)11(26)27-7-6-13(17,18)14(19,20)15(21,22)16(23,24)25/h9-10H,6-8H2,1-5H3. The maximum absolute atomic E-state index is 13.4. The molecule has 0 rings (SSSR count). The van der Waals surface area contributed by atoms with Crippen LogP contribution in [0, 0.1) is 17.3 Å². The van der Waals surface area contributed by atoms with E-state index in [0.29, 0.717) is 0 Å². The average Bonchev–Trinajstić information content (AvgIpc) is 2.44. The van der Waals surface area contributed by atoms with Gasteiger partial charge >= 0.3 is 29.9 Å². The van der Waals surface area contributed by atoms with Gasteiger partial charge in [-0.1, -0.05) is 27.7 Å². The van der Waals surface area contributed by atoms with Crippen LogP contribution in [0.5, 0.6) is 0 Å². The first-order valence-corrected chi connectivity index (χ1v) is 8.11. The molecule has 162 valence electrons. The van der Waals surface area contributed by atoms with E-state index in [1.54, 1.807) is 27.7 Å². The van der Waals surface area contributed by atoms with Crippen molar-refractivity contribution in [1.29, 1.82) is 0 Å². The van der Waals surface area contributed by atoms with Crippen LogP contribution in [0.2, 0.25) is 0 Å². The molecule has 0 amide bonds. The van der Waals surface area contributed by atoms with Crippen molar-refractivity contribution in [2.45, 2.75) is 71.4 Å². The first-order chi connectivity index (χ1) is 11.7. The fourth-order valence-corrected chi connectivity index (χ4v) is 2.40. The monoisotopic (exact) mass is 418 g/mol. The highest BCUT2D eigenvalue weighted by atomic mass is 19.4. The van der Waals surface area contributed by atoms with Crippen LogP contribution in [0.25, 0.3) is 0 Å². The van der Waals surface area contributed by atoms with E-state index in [-0.39, 0.29) is 18.3 Å². The van der Waals surface area contributed by atoms with E-state index in [0.717, 1.165) is 0 Å². The third kappa shape index (κ3) is 5.22. The Balaban J connectivity index is 5.23. The van der Waals surface area contributed by atoms with Crippen LogP contribution in [0.15, 0.2) is 0 Å². The van der Waals surface area contributed by atoms with Gasteiger partial charge < -0.3 is 4.74 Å². The molecule has 0 aromatic rings. The van der Waals surface area contributed by atoms with E-state index in [4.69, 9.17) is 0 Å². The molecule has 0 aliphatic carbocycles. The van der Waals surface area contributed by atoms with Crippen LogP contribution >= 0.6 is 0 Å². The molecule has 0 bridgehead atoms. The minimum absolute atomic E-state index is 0.0128. The summed E-state index contributed by atoms with van der Waals surface area (Å²) in [6, 6.07) is 0. The van der Waals surface area contributed by atoms with Gasteiger partial charge in [0.15, 0.2) is 0 Å². The van der Waals surface area contributed by atoms with Gasteiger partial charge in [-0.25, -0.2) is 0 Å². The summed E-state index contributed by atoms with van der Waals surface area (Å²) >= 11 is 0. The van der Waals surface area contributed by atoms with Crippen molar-refractivity contribution >= 4 is 5.97 Å². The highest BCUT2D eigenvalue weighted by molar-refractivity contribution is 5.76. The van der Waals surface area contributed by atoms with Crippen molar-refractivity contribution in [3.63, 3.8) is 0 Å². The first-order valence-electron chi connectivity index (χ1n) is 8.11. The lowest BCUT2D eigenvalue weighted by Gasteiger charge is -2.35. The van der Waals surface area contributed by atoms with E-state index in [1.165, 1.54) is 6.92 Å². The normalized spacial score (nSPS) is 16.6. The first kappa shape index (κ1) is 25.8. The number of halogens is 9. The Labute approximate surface area is 151 Å². The van der Waals surface area contributed by atoms with E-state index in [9.17, 15) is 44.3 Å². The van der Waals surface area contributed by atoms with Crippen LogP contribution in [0.1, 0.15) is 47.5 Å². The van der Waals surface area contributed by atoms with Crippen molar-refractivity contribution in [2.24, 2.45) is 17.3 Å². The van der Waals surface area contributed by atoms with Gasteiger partial charge in [-0.15, -0.1) is 0 Å². The molecule has 1 atom stereocenters. The minimum Gasteiger partial charge on any atom is -0.465 e. The molecule has 0 N–H and O–H groups in total. The molecule has 27 heavy (non-hydrogen) atoms. The zero-order chi connectivity index (χ0) is 22.1. The Morgan fingerprint density at radius 3 is 1.63 bits per heavy atom. The SMILES string of the molecule is CC(C)CC(C)(C(=O)OCCC(F)(F)C(F)(F)C(F)(F)C(F)(F)F)C(C)C. The van der Waals surface area contributed by atoms with Gasteiger partial charge in [0, 0.05) is 0 Å². The van der Waals surface area contributed by atoms with E-state index in [1.807, 2.05) is 0 Å². The van der Waals surface area contributed by atoms with Gasteiger partial charge in [-0.2, -0.15) is 39.5 Å². The molecule has 2 nitrogen and oxygen atoms in total. The Morgan fingerprint density at radius 1 is 0.852 bits per heavy atom. The molecule has 0 heterocycles. The number of alkyl halides is 9. The van der Waals surface area contributed by atoms with E-state index >= 15 is 0 Å². The summed E-state index contributed by atoms with van der Waals surface area (Å²) in [6.07, 6.45) is -8.79. The maximum atomic E-state index is 13.4. The molecule has 0 saturated carbocycles. The van der Waals surface area contributed by atoms with Gasteiger partial charge in [0.25, 0.3) is 0 Å². The topological polar surface area (TPSA) is 26.3 Å². The Bertz CT molecular complexity index is 513. The summed E-state index contributed by atoms with van der Waals surface area (Å²) in [5.74, 6) is -20.8. The van der Waals surface area contributed by atoms with Crippen LogP contribution in [-0.4, -0.2) is 36.5 Å². The molecule has 0 fully saturated rings. The predicted octanol–water partition coefficient (Wildman–Crippen LogP) is 6.10. The molecule has 0 spiro atoms. The van der Waals surface area contributed by atoms with Crippen LogP contribution < -0.4 is 0 Å². The largest absolute Gasteiger partial charge is 0.465 e. The van der Waals surface area contributed by atoms with Crippen LogP contribution in [-0.2, 0) is 9.53 Å². The van der Waals surface area contributed by atoms with Crippen molar-refractivity contribution in [3.8, 4) is 0 Å². The smallest absolute Gasteiger partial charge is 0.460 e. The fraction of sp³-hybridized carbons (Fsp3) is 0.938. The fourth-order valence-electron chi connectivity index (χ4n) is 2.40. The molecule has 11 heteroatoms. The van der Waals surface area contributed by atoms with Gasteiger partial charge in [0.05, 0.1) is 18.4 Å².